The van der Waals surface area contributed by atoms with Crippen LogP contribution in [0.15, 0.2) is 0 Å². The number of likely N-dealkylation sites (N-methyl/N-ethyl adjacent to an activating group) is 1. The Morgan fingerprint density at radius 2 is 1.83 bits per heavy atom. The van der Waals surface area contributed by atoms with Crippen LogP contribution in [0.5, 0.6) is 0 Å². The van der Waals surface area contributed by atoms with Crippen molar-refractivity contribution in [1.29, 1.82) is 0 Å². The molecule has 2 aliphatic heterocycles. The first kappa shape index (κ1) is 14.7. The van der Waals surface area contributed by atoms with Crippen LogP contribution in [0.25, 0.3) is 0 Å². The minimum absolute atomic E-state index is 0.0368. The van der Waals surface area contributed by atoms with Crippen molar-refractivity contribution in [1.82, 2.24) is 8.61 Å². The van der Waals surface area contributed by atoms with Crippen molar-refractivity contribution < 1.29 is 13.2 Å². The lowest BCUT2D eigenvalue weighted by Gasteiger charge is -2.38. The summed E-state index contributed by atoms with van der Waals surface area (Å²) in [5, 5.41) is 0.835. The predicted molar refractivity (Wildman–Crippen MR) is 74.0 cm³/mol. The van der Waals surface area contributed by atoms with Gasteiger partial charge in [-0.05, 0) is 18.3 Å². The number of hydrogen-bond donors (Lipinski definition) is 0. The number of halogens is 1. The fourth-order valence-electron chi connectivity index (χ4n) is 2.61. The maximum Gasteiger partial charge on any atom is 0.282 e. The summed E-state index contributed by atoms with van der Waals surface area (Å²) < 4.78 is 33.1. The molecule has 0 atom stereocenters. The summed E-state index contributed by atoms with van der Waals surface area (Å²) in [6, 6.07) is 0. The summed E-state index contributed by atoms with van der Waals surface area (Å²) in [5.74, 6) is 0. The van der Waals surface area contributed by atoms with E-state index >= 15 is 0 Å². The minimum atomic E-state index is -3.22. The van der Waals surface area contributed by atoms with Crippen LogP contribution in [-0.2, 0) is 14.9 Å². The second-order valence-electron chi connectivity index (χ2n) is 5.08. The summed E-state index contributed by atoms with van der Waals surface area (Å²) in [6.45, 7) is 5.76. The zero-order chi connectivity index (χ0) is 13.2. The molecule has 0 N–H and O–H groups in total. The summed E-state index contributed by atoms with van der Waals surface area (Å²) in [4.78, 5) is 0. The molecule has 0 aliphatic carbocycles. The molecule has 0 saturated carbocycles. The number of nitrogens with zero attached hydrogens (tertiary/aromatic N) is 2. The molecule has 18 heavy (non-hydrogen) atoms. The van der Waals surface area contributed by atoms with E-state index in [4.69, 9.17) is 4.74 Å². The second-order valence-corrected chi connectivity index (χ2v) is 7.57. The van der Waals surface area contributed by atoms with Gasteiger partial charge in [-0.25, -0.2) is 0 Å². The molecule has 2 heterocycles. The molecule has 0 amide bonds. The van der Waals surface area contributed by atoms with Gasteiger partial charge >= 0.3 is 0 Å². The fourth-order valence-corrected chi connectivity index (χ4v) is 5.06. The van der Waals surface area contributed by atoms with Crippen LogP contribution in [0, 0.1) is 5.41 Å². The molecule has 7 heteroatoms. The molecule has 0 spiro atoms. The number of rotatable bonds is 4. The Kier molecular flexibility index (Phi) is 4.70. The van der Waals surface area contributed by atoms with E-state index in [1.807, 2.05) is 6.92 Å². The number of ether oxygens (including phenoxy) is 1. The smallest absolute Gasteiger partial charge is 0.282 e. The Balaban J connectivity index is 2.09. The molecule has 5 nitrogen and oxygen atoms in total. The second kappa shape index (κ2) is 5.75. The molecule has 0 aromatic rings. The van der Waals surface area contributed by atoms with Crippen LogP contribution >= 0.6 is 15.9 Å². The van der Waals surface area contributed by atoms with E-state index in [0.29, 0.717) is 26.2 Å². The van der Waals surface area contributed by atoms with Crippen LogP contribution in [0.2, 0.25) is 0 Å². The zero-order valence-electron chi connectivity index (χ0n) is 10.8. The SMILES string of the molecule is CCN1CCN(CC2(CBr)CCOCC2)S1(=O)=O. The third-order valence-electron chi connectivity index (χ3n) is 3.95. The highest BCUT2D eigenvalue weighted by atomic mass is 79.9. The predicted octanol–water partition coefficient (Wildman–Crippen LogP) is 1.06. The normalized spacial score (nSPS) is 28.6. The molecule has 106 valence electrons. The molecular formula is C11H21BrN2O3S. The Labute approximate surface area is 118 Å². The van der Waals surface area contributed by atoms with Crippen molar-refractivity contribution >= 4 is 26.1 Å². The Hall–Kier alpha value is 0.310. The number of hydrogen-bond acceptors (Lipinski definition) is 3. The van der Waals surface area contributed by atoms with E-state index in [9.17, 15) is 8.42 Å². The molecule has 0 aromatic carbocycles. The molecule has 0 bridgehead atoms. The van der Waals surface area contributed by atoms with Gasteiger partial charge in [0.2, 0.25) is 0 Å². The van der Waals surface area contributed by atoms with Gasteiger partial charge in [0.05, 0.1) is 0 Å². The van der Waals surface area contributed by atoms with Gasteiger partial charge in [0.15, 0.2) is 0 Å². The van der Waals surface area contributed by atoms with Gasteiger partial charge in [-0.1, -0.05) is 22.9 Å². The van der Waals surface area contributed by atoms with E-state index in [-0.39, 0.29) is 5.41 Å². The van der Waals surface area contributed by atoms with Crippen molar-refractivity contribution in [2.75, 3.05) is 44.7 Å². The largest absolute Gasteiger partial charge is 0.381 e. The molecule has 2 rings (SSSR count). The Morgan fingerprint density at radius 1 is 1.22 bits per heavy atom. The topological polar surface area (TPSA) is 49.9 Å². The summed E-state index contributed by atoms with van der Waals surface area (Å²) in [7, 11) is -3.22. The van der Waals surface area contributed by atoms with Gasteiger partial charge < -0.3 is 4.74 Å². The first-order valence-corrected chi connectivity index (χ1v) is 8.95. The van der Waals surface area contributed by atoms with E-state index in [1.165, 1.54) is 0 Å². The monoisotopic (exact) mass is 340 g/mol. The van der Waals surface area contributed by atoms with Crippen molar-refractivity contribution in [3.05, 3.63) is 0 Å². The van der Waals surface area contributed by atoms with Gasteiger partial charge in [-0.2, -0.15) is 17.0 Å². The quantitative estimate of drug-likeness (QED) is 0.719. The van der Waals surface area contributed by atoms with Crippen molar-refractivity contribution in [3.63, 3.8) is 0 Å². The molecule has 2 fully saturated rings. The lowest BCUT2D eigenvalue weighted by atomic mass is 9.82. The van der Waals surface area contributed by atoms with Crippen LogP contribution in [-0.4, -0.2) is 61.8 Å². The van der Waals surface area contributed by atoms with Gasteiger partial charge in [0.25, 0.3) is 10.2 Å². The minimum Gasteiger partial charge on any atom is -0.381 e. The lowest BCUT2D eigenvalue weighted by Crippen LogP contribution is -2.44. The van der Waals surface area contributed by atoms with E-state index in [2.05, 4.69) is 15.9 Å². The van der Waals surface area contributed by atoms with Crippen LogP contribution in [0.4, 0.5) is 0 Å². The van der Waals surface area contributed by atoms with Crippen LogP contribution < -0.4 is 0 Å². The molecule has 0 unspecified atom stereocenters. The van der Waals surface area contributed by atoms with Gasteiger partial charge in [0, 0.05) is 44.7 Å². The van der Waals surface area contributed by atoms with Crippen molar-refractivity contribution in [2.45, 2.75) is 19.8 Å². The van der Waals surface area contributed by atoms with Crippen LogP contribution in [0.1, 0.15) is 19.8 Å². The first-order valence-electron chi connectivity index (χ1n) is 6.43. The highest BCUT2D eigenvalue weighted by Crippen LogP contribution is 2.35. The Morgan fingerprint density at radius 3 is 2.33 bits per heavy atom. The summed E-state index contributed by atoms with van der Waals surface area (Å²) in [6.07, 6.45) is 1.85. The van der Waals surface area contributed by atoms with E-state index < -0.39 is 10.2 Å². The highest BCUT2D eigenvalue weighted by molar-refractivity contribution is 9.09. The summed E-state index contributed by atoms with van der Waals surface area (Å²) >= 11 is 3.55. The maximum absolute atomic E-state index is 12.3. The molecule has 2 saturated heterocycles. The first-order chi connectivity index (χ1) is 8.54. The van der Waals surface area contributed by atoms with E-state index in [0.717, 1.165) is 31.4 Å². The lowest BCUT2D eigenvalue weighted by molar-refractivity contribution is 0.0194. The third-order valence-corrected chi connectivity index (χ3v) is 7.20. The number of alkyl halides is 1. The van der Waals surface area contributed by atoms with Crippen molar-refractivity contribution in [2.24, 2.45) is 5.41 Å². The Bertz CT molecular complexity index is 382. The van der Waals surface area contributed by atoms with Crippen LogP contribution in [0.3, 0.4) is 0 Å². The average Bonchev–Trinajstić information content (AvgIpc) is 2.65. The fraction of sp³-hybridized carbons (Fsp3) is 1.00. The summed E-state index contributed by atoms with van der Waals surface area (Å²) in [5.41, 5.74) is 0.0368. The molecular weight excluding hydrogens is 320 g/mol. The average molecular weight is 341 g/mol. The van der Waals surface area contributed by atoms with Gasteiger partial charge in [-0.3, -0.25) is 0 Å². The molecule has 2 aliphatic rings. The van der Waals surface area contributed by atoms with Gasteiger partial charge in [0.1, 0.15) is 0 Å². The maximum atomic E-state index is 12.3. The zero-order valence-corrected chi connectivity index (χ0v) is 13.2. The standard InChI is InChI=1S/C11H21BrN2O3S/c1-2-13-5-6-14(18(13,15)16)10-11(9-12)3-7-17-8-4-11/h2-10H2,1H3. The molecule has 0 radical (unpaired) electrons. The van der Waals surface area contributed by atoms with Gasteiger partial charge in [-0.15, -0.1) is 0 Å². The third kappa shape index (κ3) is 2.75. The van der Waals surface area contributed by atoms with Crippen molar-refractivity contribution in [3.8, 4) is 0 Å². The van der Waals surface area contributed by atoms with E-state index in [1.54, 1.807) is 8.61 Å². The molecule has 0 aromatic heterocycles. The highest BCUT2D eigenvalue weighted by Gasteiger charge is 2.42.